The van der Waals surface area contributed by atoms with Crippen LogP contribution in [0, 0.1) is 28.5 Å². The third kappa shape index (κ3) is 5.65. The zero-order chi connectivity index (χ0) is 25.7. The van der Waals surface area contributed by atoms with Crippen LogP contribution >= 0.6 is 0 Å². The molecule has 1 N–H and O–H groups in total. The van der Waals surface area contributed by atoms with Crippen molar-refractivity contribution in [2.45, 2.75) is 38.5 Å². The Hall–Kier alpha value is -4.34. The molecule has 0 aliphatic carbocycles. The number of nitriles is 2. The minimum atomic E-state index is -0.724. The minimum absolute atomic E-state index is 0.0472. The van der Waals surface area contributed by atoms with Gasteiger partial charge in [0, 0.05) is 37.1 Å². The summed E-state index contributed by atoms with van der Waals surface area (Å²) in [4.78, 5) is 23.6. The van der Waals surface area contributed by atoms with Crippen molar-refractivity contribution < 1.29 is 13.9 Å². The number of carbonyl (C=O) groups is 1. The molecule has 1 aliphatic heterocycles. The molecular formula is C27H25FN6O2. The monoisotopic (exact) mass is 484 g/mol. The third-order valence-electron chi connectivity index (χ3n) is 5.92. The van der Waals surface area contributed by atoms with Gasteiger partial charge in [-0.2, -0.15) is 10.5 Å². The van der Waals surface area contributed by atoms with Gasteiger partial charge in [-0.05, 0) is 56.2 Å². The van der Waals surface area contributed by atoms with Crippen molar-refractivity contribution in [2.75, 3.05) is 13.1 Å². The summed E-state index contributed by atoms with van der Waals surface area (Å²) >= 11 is 0. The van der Waals surface area contributed by atoms with Crippen LogP contribution in [0.3, 0.4) is 0 Å². The van der Waals surface area contributed by atoms with Crippen LogP contribution in [-0.4, -0.2) is 46.0 Å². The Labute approximate surface area is 209 Å². The Morgan fingerprint density at radius 1 is 1.08 bits per heavy atom. The lowest BCUT2D eigenvalue weighted by atomic mass is 9.98. The number of rotatable bonds is 7. The smallest absolute Gasteiger partial charge is 0.316 e. The first-order valence-electron chi connectivity index (χ1n) is 11.6. The summed E-state index contributed by atoms with van der Waals surface area (Å²) in [7, 11) is 0. The molecule has 182 valence electrons. The summed E-state index contributed by atoms with van der Waals surface area (Å²) in [6.45, 7) is 5.01. The molecule has 2 atom stereocenters. The van der Waals surface area contributed by atoms with E-state index in [4.69, 9.17) is 10.00 Å². The number of hydrogen-bond donors (Lipinski definition) is 1. The number of carbonyl (C=O) groups excluding carboxylic acids is 1. The van der Waals surface area contributed by atoms with E-state index >= 15 is 0 Å². The first-order chi connectivity index (χ1) is 17.4. The molecule has 1 saturated heterocycles. The fraction of sp³-hybridized carbons (Fsp3) is 0.296. The van der Waals surface area contributed by atoms with Gasteiger partial charge in [0.05, 0.1) is 41.0 Å². The predicted octanol–water partition coefficient (Wildman–Crippen LogP) is 3.74. The molecule has 1 aromatic heterocycles. The normalized spacial score (nSPS) is 16.2. The van der Waals surface area contributed by atoms with E-state index in [1.807, 2.05) is 32.0 Å². The summed E-state index contributed by atoms with van der Waals surface area (Å²) in [5.74, 6) is -1.24. The Balaban J connectivity index is 1.54. The molecule has 1 amide bonds. The molecule has 0 spiro atoms. The van der Waals surface area contributed by atoms with Gasteiger partial charge in [0.2, 0.25) is 0 Å². The van der Waals surface area contributed by atoms with Gasteiger partial charge in [-0.3, -0.25) is 9.69 Å². The van der Waals surface area contributed by atoms with E-state index in [0.717, 1.165) is 17.2 Å². The second-order valence-electron chi connectivity index (χ2n) is 8.86. The second kappa shape index (κ2) is 10.9. The predicted molar refractivity (Wildman–Crippen MR) is 129 cm³/mol. The van der Waals surface area contributed by atoms with Gasteiger partial charge in [0.15, 0.2) is 0 Å². The van der Waals surface area contributed by atoms with Gasteiger partial charge in [0.1, 0.15) is 5.82 Å². The largest absolute Gasteiger partial charge is 0.461 e. The van der Waals surface area contributed by atoms with Crippen LogP contribution in [0.5, 0.6) is 6.01 Å². The number of benzene rings is 2. The molecule has 2 heterocycles. The second-order valence-corrected chi connectivity index (χ2v) is 8.86. The van der Waals surface area contributed by atoms with Crippen LogP contribution in [0.25, 0.3) is 0 Å². The number of hydrogen-bond acceptors (Lipinski definition) is 7. The highest BCUT2D eigenvalue weighted by Crippen LogP contribution is 2.32. The van der Waals surface area contributed by atoms with Crippen LogP contribution in [0.2, 0.25) is 0 Å². The molecule has 1 unspecified atom stereocenters. The van der Waals surface area contributed by atoms with Crippen molar-refractivity contribution in [2.24, 2.45) is 0 Å². The van der Waals surface area contributed by atoms with Gasteiger partial charge in [-0.15, -0.1) is 0 Å². The molecule has 1 fully saturated rings. The fourth-order valence-electron chi connectivity index (χ4n) is 4.26. The Kier molecular flexibility index (Phi) is 7.53. The quantitative estimate of drug-likeness (QED) is 0.543. The number of aromatic nitrogens is 2. The summed E-state index contributed by atoms with van der Waals surface area (Å²) in [6.07, 6.45) is 4.08. The molecule has 4 rings (SSSR count). The van der Waals surface area contributed by atoms with Gasteiger partial charge in [-0.25, -0.2) is 14.4 Å². The maximum absolute atomic E-state index is 14.3. The van der Waals surface area contributed by atoms with Gasteiger partial charge < -0.3 is 10.1 Å². The summed E-state index contributed by atoms with van der Waals surface area (Å²) < 4.78 is 19.9. The lowest BCUT2D eigenvalue weighted by Gasteiger charge is -2.28. The van der Waals surface area contributed by atoms with E-state index < -0.39 is 11.7 Å². The van der Waals surface area contributed by atoms with E-state index in [1.54, 1.807) is 24.5 Å². The summed E-state index contributed by atoms with van der Waals surface area (Å²) in [6, 6.07) is 15.0. The zero-order valence-corrected chi connectivity index (χ0v) is 20.0. The maximum Gasteiger partial charge on any atom is 0.316 e. The highest BCUT2D eigenvalue weighted by molar-refractivity contribution is 5.94. The summed E-state index contributed by atoms with van der Waals surface area (Å²) in [5.41, 5.74) is 2.44. The molecule has 1 aliphatic rings. The van der Waals surface area contributed by atoms with Crippen molar-refractivity contribution in [3.05, 3.63) is 88.5 Å². The lowest BCUT2D eigenvalue weighted by molar-refractivity contribution is 0.0932. The fourth-order valence-corrected chi connectivity index (χ4v) is 4.26. The van der Waals surface area contributed by atoms with E-state index in [2.05, 4.69) is 26.3 Å². The van der Waals surface area contributed by atoms with Crippen molar-refractivity contribution in [3.63, 3.8) is 0 Å². The van der Waals surface area contributed by atoms with Crippen LogP contribution in [0.15, 0.2) is 54.9 Å². The van der Waals surface area contributed by atoms with Crippen LogP contribution in [-0.2, 0) is 0 Å². The average Bonchev–Trinajstić information content (AvgIpc) is 3.32. The van der Waals surface area contributed by atoms with Crippen molar-refractivity contribution in [1.29, 1.82) is 10.5 Å². The minimum Gasteiger partial charge on any atom is -0.461 e. The highest BCUT2D eigenvalue weighted by atomic mass is 19.1. The van der Waals surface area contributed by atoms with Gasteiger partial charge in [-0.1, -0.05) is 12.1 Å². The van der Waals surface area contributed by atoms with Crippen molar-refractivity contribution in [3.8, 4) is 18.1 Å². The number of amides is 1. The number of ether oxygens (including phenoxy) is 1. The molecule has 2 aromatic carbocycles. The van der Waals surface area contributed by atoms with E-state index in [-0.39, 0.29) is 29.3 Å². The molecular weight excluding hydrogens is 459 g/mol. The number of halogens is 1. The summed E-state index contributed by atoms with van der Waals surface area (Å²) in [5, 5.41) is 21.0. The first kappa shape index (κ1) is 24.8. The molecule has 0 bridgehead atoms. The maximum atomic E-state index is 14.3. The van der Waals surface area contributed by atoms with Crippen molar-refractivity contribution >= 4 is 5.91 Å². The van der Waals surface area contributed by atoms with Gasteiger partial charge >= 0.3 is 6.01 Å². The van der Waals surface area contributed by atoms with Crippen LogP contribution < -0.4 is 10.1 Å². The molecule has 36 heavy (non-hydrogen) atoms. The first-order valence-corrected chi connectivity index (χ1v) is 11.6. The molecule has 8 nitrogen and oxygen atoms in total. The number of nitrogens with zero attached hydrogens (tertiary/aromatic N) is 5. The highest BCUT2D eigenvalue weighted by Gasteiger charge is 2.32. The molecule has 0 saturated carbocycles. The van der Waals surface area contributed by atoms with E-state index in [1.165, 1.54) is 12.1 Å². The Bertz CT molecular complexity index is 1310. The molecule has 3 aromatic rings. The van der Waals surface area contributed by atoms with E-state index in [0.29, 0.717) is 31.1 Å². The lowest BCUT2D eigenvalue weighted by Crippen LogP contribution is -2.38. The Morgan fingerprint density at radius 3 is 2.36 bits per heavy atom. The Morgan fingerprint density at radius 2 is 1.75 bits per heavy atom. The standard InChI is InChI=1S/C27H25FN6O2/c1-17(2)36-27-31-14-21(15-32-27)25(20-6-3-18(12-29)4-7-20)34-10-9-22(16-34)33-26(35)23-8-5-19(13-30)11-24(23)28/h3-8,11,14-15,17,22,25H,9-10,16H2,1-2H3,(H,33,35)/t22-,25?/m1/s1. The number of likely N-dealkylation sites (tertiary alicyclic amines) is 1. The zero-order valence-electron chi connectivity index (χ0n) is 20.0. The van der Waals surface area contributed by atoms with Crippen LogP contribution in [0.4, 0.5) is 4.39 Å². The topological polar surface area (TPSA) is 115 Å². The average molecular weight is 485 g/mol. The SMILES string of the molecule is CC(C)Oc1ncc(C(c2ccc(C#N)cc2)N2CC[C@@H](NC(=O)c3ccc(C#N)cc3F)C2)cn1. The third-order valence-corrected chi connectivity index (χ3v) is 5.92. The van der Waals surface area contributed by atoms with E-state index in [9.17, 15) is 14.4 Å². The van der Waals surface area contributed by atoms with Gasteiger partial charge in [0.25, 0.3) is 5.91 Å². The number of nitrogens with one attached hydrogen (secondary N) is 1. The molecule has 0 radical (unpaired) electrons. The molecule has 9 heteroatoms. The van der Waals surface area contributed by atoms with Crippen molar-refractivity contribution in [1.82, 2.24) is 20.2 Å². The van der Waals surface area contributed by atoms with Crippen LogP contribution in [0.1, 0.15) is 58.9 Å².